The minimum atomic E-state index is 0. The first-order chi connectivity index (χ1) is 3.39. The molecule has 0 spiro atoms. The maximum absolute atomic E-state index is 3.82. The van der Waals surface area contributed by atoms with E-state index in [1.165, 1.54) is 0 Å². The number of pyridine rings is 1. The molecular weight excluding hydrogens is 122 g/mol. The lowest BCUT2D eigenvalue weighted by molar-refractivity contribution is 1.31. The van der Waals surface area contributed by atoms with Gasteiger partial charge in [0.1, 0.15) is 0 Å². The summed E-state index contributed by atoms with van der Waals surface area (Å²) in [6, 6.07) is 3.77. The van der Waals surface area contributed by atoms with Gasteiger partial charge in [0.15, 0.2) is 0 Å². The molecule has 1 nitrogen and oxygen atoms in total. The zero-order chi connectivity index (χ0) is 5.11. The van der Waals surface area contributed by atoms with Crippen molar-refractivity contribution in [1.82, 2.24) is 4.98 Å². The first-order valence-corrected chi connectivity index (χ1v) is 2.11. The van der Waals surface area contributed by atoms with Gasteiger partial charge in [0.05, 0.1) is 0 Å². The van der Waals surface area contributed by atoms with Gasteiger partial charge in [-0.05, 0) is 18.6 Å². The van der Waals surface area contributed by atoms with Crippen LogP contribution >= 0.6 is 12.4 Å². The van der Waals surface area contributed by atoms with Crippen LogP contribution in [0.25, 0.3) is 0 Å². The fourth-order valence-electron chi connectivity index (χ4n) is 0.398. The third kappa shape index (κ3) is 1.94. The maximum atomic E-state index is 3.82. The fraction of sp³-hybridized carbons (Fsp3) is 0. The second kappa shape index (κ2) is 3.44. The zero-order valence-electron chi connectivity index (χ0n) is 4.37. The van der Waals surface area contributed by atoms with E-state index in [9.17, 15) is 0 Å². The van der Waals surface area contributed by atoms with Gasteiger partial charge in [-0.15, -0.1) is 12.4 Å². The molecule has 1 rings (SSSR count). The van der Waals surface area contributed by atoms with Gasteiger partial charge in [-0.25, -0.2) is 0 Å². The average molecular weight is 129 g/mol. The zero-order valence-corrected chi connectivity index (χ0v) is 5.19. The Bertz CT molecular complexity index is 138. The van der Waals surface area contributed by atoms with E-state index >= 15 is 0 Å². The summed E-state index contributed by atoms with van der Waals surface area (Å²) in [6.07, 6.45) is 3.45. The molecule has 1 radical (unpaired) electrons. The molecule has 0 aromatic carbocycles. The SMILES string of the molecule is Cl.[CH2]c1cccnc1. The van der Waals surface area contributed by atoms with Gasteiger partial charge < -0.3 is 0 Å². The van der Waals surface area contributed by atoms with Gasteiger partial charge in [-0.2, -0.15) is 0 Å². The standard InChI is InChI=1S/C6H6N.ClH/c1-6-3-2-4-7-5-6;/h2-5H,1H2;1H. The molecule has 0 saturated heterocycles. The third-order valence-electron chi connectivity index (χ3n) is 0.723. The molecule has 1 aromatic heterocycles. The van der Waals surface area contributed by atoms with Crippen LogP contribution in [0, 0.1) is 6.92 Å². The van der Waals surface area contributed by atoms with Crippen molar-refractivity contribution in [3.05, 3.63) is 37.0 Å². The largest absolute Gasteiger partial charge is 0.264 e. The molecule has 0 saturated carbocycles. The van der Waals surface area contributed by atoms with Crippen LogP contribution in [0.4, 0.5) is 0 Å². The van der Waals surface area contributed by atoms with Crippen LogP contribution in [0.1, 0.15) is 5.56 Å². The second-order valence-corrected chi connectivity index (χ2v) is 1.36. The summed E-state index contributed by atoms with van der Waals surface area (Å²) in [7, 11) is 0. The number of nitrogens with zero attached hydrogens (tertiary/aromatic N) is 1. The minimum Gasteiger partial charge on any atom is -0.264 e. The van der Waals surface area contributed by atoms with Crippen LogP contribution in [-0.2, 0) is 0 Å². The number of hydrogen-bond acceptors (Lipinski definition) is 1. The molecule has 0 aliphatic carbocycles. The van der Waals surface area contributed by atoms with Crippen LogP contribution < -0.4 is 0 Å². The molecule has 0 fully saturated rings. The molecule has 0 bridgehead atoms. The van der Waals surface area contributed by atoms with Crippen molar-refractivity contribution in [1.29, 1.82) is 0 Å². The Kier molecular flexibility index (Phi) is 3.20. The highest BCUT2D eigenvalue weighted by atomic mass is 35.5. The Labute approximate surface area is 55.2 Å². The molecule has 8 heavy (non-hydrogen) atoms. The lowest BCUT2D eigenvalue weighted by Crippen LogP contribution is -1.69. The predicted octanol–water partition coefficient (Wildman–Crippen LogP) is 1.69. The lowest BCUT2D eigenvalue weighted by Gasteiger charge is -1.81. The second-order valence-electron chi connectivity index (χ2n) is 1.36. The fourth-order valence-corrected chi connectivity index (χ4v) is 0.398. The van der Waals surface area contributed by atoms with Crippen LogP contribution in [0.2, 0.25) is 0 Å². The van der Waals surface area contributed by atoms with E-state index < -0.39 is 0 Å². The van der Waals surface area contributed by atoms with Crippen molar-refractivity contribution in [3.8, 4) is 0 Å². The third-order valence-corrected chi connectivity index (χ3v) is 0.723. The van der Waals surface area contributed by atoms with Gasteiger partial charge >= 0.3 is 0 Å². The number of hydrogen-bond donors (Lipinski definition) is 0. The molecule has 0 N–H and O–H groups in total. The van der Waals surface area contributed by atoms with E-state index in [1.54, 1.807) is 12.4 Å². The summed E-state index contributed by atoms with van der Waals surface area (Å²) >= 11 is 0. The number of halogens is 1. The highest BCUT2D eigenvalue weighted by Gasteiger charge is 1.73. The minimum absolute atomic E-state index is 0. The van der Waals surface area contributed by atoms with Gasteiger partial charge in [0.2, 0.25) is 0 Å². The topological polar surface area (TPSA) is 12.9 Å². The van der Waals surface area contributed by atoms with Gasteiger partial charge in [-0.1, -0.05) is 6.07 Å². The molecule has 0 aliphatic rings. The van der Waals surface area contributed by atoms with Crippen molar-refractivity contribution in [2.75, 3.05) is 0 Å². The normalized spacial score (nSPS) is 7.62. The molecule has 1 heterocycles. The summed E-state index contributed by atoms with van der Waals surface area (Å²) in [5.41, 5.74) is 0.961. The summed E-state index contributed by atoms with van der Waals surface area (Å²) in [4.78, 5) is 3.82. The summed E-state index contributed by atoms with van der Waals surface area (Å²) in [5.74, 6) is 0. The summed E-state index contributed by atoms with van der Waals surface area (Å²) < 4.78 is 0. The highest BCUT2D eigenvalue weighted by molar-refractivity contribution is 5.85. The Balaban J connectivity index is 0.000000490. The van der Waals surface area contributed by atoms with Gasteiger partial charge in [-0.3, -0.25) is 4.98 Å². The molecule has 0 atom stereocenters. The molecule has 1 aromatic rings. The maximum Gasteiger partial charge on any atom is 0.0299 e. The van der Waals surface area contributed by atoms with E-state index in [2.05, 4.69) is 11.9 Å². The lowest BCUT2D eigenvalue weighted by atomic mass is 10.3. The summed E-state index contributed by atoms with van der Waals surface area (Å²) in [5, 5.41) is 0. The van der Waals surface area contributed by atoms with E-state index in [0.29, 0.717) is 0 Å². The van der Waals surface area contributed by atoms with Crippen LogP contribution in [-0.4, -0.2) is 4.98 Å². The van der Waals surface area contributed by atoms with Crippen molar-refractivity contribution < 1.29 is 0 Å². The number of rotatable bonds is 0. The monoisotopic (exact) mass is 128 g/mol. The smallest absolute Gasteiger partial charge is 0.0299 e. The Morgan fingerprint density at radius 1 is 1.50 bits per heavy atom. The quantitative estimate of drug-likeness (QED) is 0.518. The van der Waals surface area contributed by atoms with Crippen LogP contribution in [0.5, 0.6) is 0 Å². The molecule has 0 unspecified atom stereocenters. The van der Waals surface area contributed by atoms with Crippen molar-refractivity contribution in [2.45, 2.75) is 0 Å². The number of aromatic nitrogens is 1. The molecule has 2 heteroatoms. The Morgan fingerprint density at radius 2 is 2.25 bits per heavy atom. The van der Waals surface area contributed by atoms with Crippen molar-refractivity contribution >= 4 is 12.4 Å². The van der Waals surface area contributed by atoms with Crippen LogP contribution in [0.3, 0.4) is 0 Å². The van der Waals surface area contributed by atoms with E-state index in [-0.39, 0.29) is 12.4 Å². The predicted molar refractivity (Wildman–Crippen MR) is 35.9 cm³/mol. The first kappa shape index (κ1) is 7.44. The Hall–Kier alpha value is -0.560. The molecular formula is C6H7ClN. The van der Waals surface area contributed by atoms with E-state index in [0.717, 1.165) is 5.56 Å². The van der Waals surface area contributed by atoms with E-state index in [1.807, 2.05) is 12.1 Å². The van der Waals surface area contributed by atoms with Gasteiger partial charge in [0.25, 0.3) is 0 Å². The molecule has 0 amide bonds. The molecule has 0 aliphatic heterocycles. The highest BCUT2D eigenvalue weighted by Crippen LogP contribution is 1.88. The van der Waals surface area contributed by atoms with Crippen LogP contribution in [0.15, 0.2) is 24.5 Å². The Morgan fingerprint density at radius 3 is 2.50 bits per heavy atom. The van der Waals surface area contributed by atoms with Crippen molar-refractivity contribution in [3.63, 3.8) is 0 Å². The average Bonchev–Trinajstić information content (AvgIpc) is 1.69. The van der Waals surface area contributed by atoms with E-state index in [4.69, 9.17) is 0 Å². The first-order valence-electron chi connectivity index (χ1n) is 2.11. The summed E-state index contributed by atoms with van der Waals surface area (Å²) in [6.45, 7) is 3.66. The molecule has 43 valence electrons. The van der Waals surface area contributed by atoms with Crippen molar-refractivity contribution in [2.24, 2.45) is 0 Å². The van der Waals surface area contributed by atoms with Gasteiger partial charge in [0, 0.05) is 12.4 Å².